The van der Waals surface area contributed by atoms with Gasteiger partial charge in [-0.25, -0.2) is 9.78 Å². The van der Waals surface area contributed by atoms with Gasteiger partial charge < -0.3 is 15.4 Å². The molecule has 1 aliphatic rings. The zero-order valence-corrected chi connectivity index (χ0v) is 12.4. The highest BCUT2D eigenvalue weighted by Gasteiger charge is 2.30. The lowest BCUT2D eigenvalue weighted by molar-refractivity contribution is -0.145. The highest BCUT2D eigenvalue weighted by molar-refractivity contribution is 7.80. The third-order valence-corrected chi connectivity index (χ3v) is 3.62. The molecule has 1 unspecified atom stereocenters. The van der Waals surface area contributed by atoms with E-state index >= 15 is 0 Å². The van der Waals surface area contributed by atoms with Crippen molar-refractivity contribution in [1.82, 2.24) is 4.98 Å². The van der Waals surface area contributed by atoms with Gasteiger partial charge in [-0.3, -0.25) is 0 Å². The van der Waals surface area contributed by atoms with Crippen molar-refractivity contribution in [1.29, 1.82) is 0 Å². The molecule has 20 heavy (non-hydrogen) atoms. The first-order valence-corrected chi connectivity index (χ1v) is 7.23. The molecule has 1 atom stereocenters. The smallest absolute Gasteiger partial charge is 0.328 e. The maximum absolute atomic E-state index is 12.1. The zero-order chi connectivity index (χ0) is 14.5. The second kappa shape index (κ2) is 6.65. The molecule has 1 aromatic heterocycles. The van der Waals surface area contributed by atoms with E-state index in [4.69, 9.17) is 22.7 Å². The number of pyridine rings is 1. The van der Waals surface area contributed by atoms with Crippen LogP contribution in [-0.4, -0.2) is 35.1 Å². The summed E-state index contributed by atoms with van der Waals surface area (Å²) < 4.78 is 5.15. The fourth-order valence-corrected chi connectivity index (χ4v) is 2.54. The molecule has 0 amide bonds. The van der Waals surface area contributed by atoms with Crippen LogP contribution >= 0.6 is 12.2 Å². The number of rotatable bonds is 4. The molecule has 1 aliphatic heterocycles. The highest BCUT2D eigenvalue weighted by atomic mass is 32.1. The second-order valence-electron chi connectivity index (χ2n) is 4.72. The van der Waals surface area contributed by atoms with E-state index in [1.807, 2.05) is 17.9 Å². The van der Waals surface area contributed by atoms with Crippen LogP contribution < -0.4 is 10.6 Å². The lowest BCUT2D eigenvalue weighted by atomic mass is 10.0. The van der Waals surface area contributed by atoms with E-state index in [9.17, 15) is 4.79 Å². The number of nitrogens with two attached hydrogens (primary N) is 1. The number of thiocarbonyl (C=S) groups is 1. The number of hydrogen-bond donors (Lipinski definition) is 1. The zero-order valence-electron chi connectivity index (χ0n) is 11.5. The molecule has 2 N–H and O–H groups in total. The molecule has 0 radical (unpaired) electrons. The van der Waals surface area contributed by atoms with Crippen molar-refractivity contribution in [2.75, 3.05) is 18.1 Å². The Balaban J connectivity index is 2.25. The van der Waals surface area contributed by atoms with Gasteiger partial charge in [0.2, 0.25) is 0 Å². The van der Waals surface area contributed by atoms with Crippen molar-refractivity contribution in [2.24, 2.45) is 5.73 Å². The predicted octanol–water partition coefficient (Wildman–Crippen LogP) is 1.64. The topological polar surface area (TPSA) is 68.5 Å². The van der Waals surface area contributed by atoms with E-state index in [0.717, 1.165) is 37.2 Å². The fourth-order valence-electron chi connectivity index (χ4n) is 2.42. The van der Waals surface area contributed by atoms with Gasteiger partial charge in [-0.05, 0) is 38.3 Å². The van der Waals surface area contributed by atoms with E-state index in [0.29, 0.717) is 11.6 Å². The summed E-state index contributed by atoms with van der Waals surface area (Å²) >= 11 is 4.99. The summed E-state index contributed by atoms with van der Waals surface area (Å²) in [7, 11) is 0. The standard InChI is InChI=1S/C14H19N3O2S/c1-2-19-14(18)11-5-3-4-8-17(11)12-9-10(13(15)20)6-7-16-12/h6-7,9,11H,2-5,8H2,1H3,(H2,15,20). The maximum atomic E-state index is 12.1. The first-order valence-electron chi connectivity index (χ1n) is 6.82. The van der Waals surface area contributed by atoms with Crippen molar-refractivity contribution in [2.45, 2.75) is 32.2 Å². The number of piperidine rings is 1. The molecule has 2 rings (SSSR count). The number of carbonyl (C=O) groups is 1. The van der Waals surface area contributed by atoms with Gasteiger partial charge in [0.1, 0.15) is 16.8 Å². The summed E-state index contributed by atoms with van der Waals surface area (Å²) in [6.07, 6.45) is 4.52. The van der Waals surface area contributed by atoms with Crippen molar-refractivity contribution in [3.05, 3.63) is 23.9 Å². The Bertz CT molecular complexity index is 507. The molecule has 1 fully saturated rings. The minimum atomic E-state index is -0.266. The molecule has 0 aliphatic carbocycles. The van der Waals surface area contributed by atoms with E-state index in [-0.39, 0.29) is 12.0 Å². The SMILES string of the molecule is CCOC(=O)C1CCCCN1c1cc(C(N)=S)ccn1. The quantitative estimate of drug-likeness (QED) is 0.672. The van der Waals surface area contributed by atoms with E-state index < -0.39 is 0 Å². The summed E-state index contributed by atoms with van der Waals surface area (Å²) in [5.41, 5.74) is 6.41. The van der Waals surface area contributed by atoms with Crippen LogP contribution in [0.4, 0.5) is 5.82 Å². The van der Waals surface area contributed by atoms with Crippen LogP contribution in [0.15, 0.2) is 18.3 Å². The van der Waals surface area contributed by atoms with Gasteiger partial charge in [-0.1, -0.05) is 12.2 Å². The highest BCUT2D eigenvalue weighted by Crippen LogP contribution is 2.24. The molecule has 0 spiro atoms. The largest absolute Gasteiger partial charge is 0.464 e. The average Bonchev–Trinajstić information content (AvgIpc) is 2.47. The molecule has 0 aromatic carbocycles. The molecule has 0 saturated carbocycles. The lowest BCUT2D eigenvalue weighted by Gasteiger charge is -2.35. The number of ether oxygens (including phenoxy) is 1. The minimum Gasteiger partial charge on any atom is -0.464 e. The number of nitrogens with zero attached hydrogens (tertiary/aromatic N) is 2. The molecular weight excluding hydrogens is 274 g/mol. The number of carbonyl (C=O) groups excluding carboxylic acids is 1. The van der Waals surface area contributed by atoms with Gasteiger partial charge in [-0.15, -0.1) is 0 Å². The number of aromatic nitrogens is 1. The molecule has 0 bridgehead atoms. The third kappa shape index (κ3) is 3.25. The van der Waals surface area contributed by atoms with Gasteiger partial charge in [-0.2, -0.15) is 0 Å². The summed E-state index contributed by atoms with van der Waals surface area (Å²) in [4.78, 5) is 18.7. The van der Waals surface area contributed by atoms with Crippen LogP contribution in [0.2, 0.25) is 0 Å². The first kappa shape index (κ1) is 14.7. The van der Waals surface area contributed by atoms with E-state index in [2.05, 4.69) is 4.98 Å². The molecule has 1 aromatic rings. The summed E-state index contributed by atoms with van der Waals surface area (Å²) in [5.74, 6) is 0.544. The van der Waals surface area contributed by atoms with Gasteiger partial charge in [0.25, 0.3) is 0 Å². The Morgan fingerprint density at radius 3 is 3.10 bits per heavy atom. The summed E-state index contributed by atoms with van der Waals surface area (Å²) in [6, 6.07) is 3.34. The molecule has 5 nitrogen and oxygen atoms in total. The molecular formula is C14H19N3O2S. The minimum absolute atomic E-state index is 0.185. The van der Waals surface area contributed by atoms with Gasteiger partial charge in [0, 0.05) is 18.3 Å². The maximum Gasteiger partial charge on any atom is 0.328 e. The monoisotopic (exact) mass is 293 g/mol. The van der Waals surface area contributed by atoms with Crippen LogP contribution in [0.1, 0.15) is 31.7 Å². The lowest BCUT2D eigenvalue weighted by Crippen LogP contribution is -2.46. The van der Waals surface area contributed by atoms with Crippen molar-refractivity contribution in [3.8, 4) is 0 Å². The normalized spacial score (nSPS) is 18.6. The van der Waals surface area contributed by atoms with Crippen molar-refractivity contribution >= 4 is 29.0 Å². The Morgan fingerprint density at radius 1 is 1.60 bits per heavy atom. The van der Waals surface area contributed by atoms with Crippen LogP contribution in [-0.2, 0) is 9.53 Å². The number of esters is 1. The number of hydrogen-bond acceptors (Lipinski definition) is 5. The van der Waals surface area contributed by atoms with Gasteiger partial charge >= 0.3 is 5.97 Å². The predicted molar refractivity (Wildman–Crippen MR) is 81.7 cm³/mol. The van der Waals surface area contributed by atoms with Crippen molar-refractivity contribution < 1.29 is 9.53 Å². The van der Waals surface area contributed by atoms with E-state index in [1.54, 1.807) is 12.3 Å². The molecule has 108 valence electrons. The Kier molecular flexibility index (Phi) is 4.89. The second-order valence-corrected chi connectivity index (χ2v) is 5.16. The Morgan fingerprint density at radius 2 is 2.40 bits per heavy atom. The molecule has 6 heteroatoms. The Hall–Kier alpha value is -1.69. The van der Waals surface area contributed by atoms with Crippen LogP contribution in [0.5, 0.6) is 0 Å². The third-order valence-electron chi connectivity index (χ3n) is 3.39. The molecule has 2 heterocycles. The molecule has 1 saturated heterocycles. The summed E-state index contributed by atoms with van der Waals surface area (Å²) in [5, 5.41) is 0. The fraction of sp³-hybridized carbons (Fsp3) is 0.500. The summed E-state index contributed by atoms with van der Waals surface area (Å²) in [6.45, 7) is 3.00. The van der Waals surface area contributed by atoms with Crippen LogP contribution in [0.25, 0.3) is 0 Å². The average molecular weight is 293 g/mol. The Labute approximate surface area is 124 Å². The number of anilines is 1. The first-order chi connectivity index (χ1) is 9.63. The van der Waals surface area contributed by atoms with Crippen molar-refractivity contribution in [3.63, 3.8) is 0 Å². The van der Waals surface area contributed by atoms with Gasteiger partial charge in [0.15, 0.2) is 0 Å². The van der Waals surface area contributed by atoms with Crippen LogP contribution in [0.3, 0.4) is 0 Å². The van der Waals surface area contributed by atoms with Gasteiger partial charge in [0.05, 0.1) is 6.61 Å². The van der Waals surface area contributed by atoms with E-state index in [1.165, 1.54) is 0 Å². The van der Waals surface area contributed by atoms with Crippen LogP contribution in [0, 0.1) is 0 Å².